The maximum Gasteiger partial charge on any atom is 0.252 e. The van der Waals surface area contributed by atoms with Crippen LogP contribution >= 0.6 is 11.3 Å². The maximum absolute atomic E-state index is 13.4. The average Bonchev–Trinajstić information content (AvgIpc) is 3.40. The van der Waals surface area contributed by atoms with E-state index in [4.69, 9.17) is 0 Å². The van der Waals surface area contributed by atoms with Crippen LogP contribution in [0.2, 0.25) is 0 Å². The number of nitrogens with zero attached hydrogens (tertiary/aromatic N) is 1. The monoisotopic (exact) mass is 496 g/mol. The van der Waals surface area contributed by atoms with Gasteiger partial charge in [0.15, 0.2) is 0 Å². The number of nitrogens with one attached hydrogen (secondary N) is 1. The Kier molecular flexibility index (Phi) is 8.19. The van der Waals surface area contributed by atoms with Crippen molar-refractivity contribution in [2.24, 2.45) is 11.8 Å². The fourth-order valence-corrected chi connectivity index (χ4v) is 7.16. The lowest BCUT2D eigenvalue weighted by Gasteiger charge is -2.31. The summed E-state index contributed by atoms with van der Waals surface area (Å²) < 4.78 is 28.7. The molecule has 0 unspecified atom stereocenters. The Morgan fingerprint density at radius 2 is 1.65 bits per heavy atom. The van der Waals surface area contributed by atoms with E-state index < -0.39 is 10.0 Å². The molecule has 7 heteroatoms. The SMILES string of the molecule is Cc1ccc(CNC(=O)C2CCC(CN(Cc3ccccc3)S(=O)(=O)c3cccs3)CC2)cc1. The van der Waals surface area contributed by atoms with E-state index in [2.05, 4.69) is 17.4 Å². The van der Waals surface area contributed by atoms with Gasteiger partial charge in [-0.05, 0) is 61.1 Å². The lowest BCUT2D eigenvalue weighted by molar-refractivity contribution is -0.126. The number of sulfonamides is 1. The predicted molar refractivity (Wildman–Crippen MR) is 137 cm³/mol. The van der Waals surface area contributed by atoms with E-state index in [1.807, 2.05) is 49.4 Å². The summed E-state index contributed by atoms with van der Waals surface area (Å²) in [4.78, 5) is 12.7. The summed E-state index contributed by atoms with van der Waals surface area (Å²) >= 11 is 1.26. The summed E-state index contributed by atoms with van der Waals surface area (Å²) in [6.45, 7) is 3.43. The molecule has 0 aliphatic heterocycles. The molecule has 0 atom stereocenters. The van der Waals surface area contributed by atoms with Crippen molar-refractivity contribution in [3.8, 4) is 0 Å². The van der Waals surface area contributed by atoms with Gasteiger partial charge in [0.2, 0.25) is 5.91 Å². The quantitative estimate of drug-likeness (QED) is 0.433. The highest BCUT2D eigenvalue weighted by Gasteiger charge is 2.32. The average molecular weight is 497 g/mol. The fraction of sp³-hybridized carbons (Fsp3) is 0.370. The summed E-state index contributed by atoms with van der Waals surface area (Å²) in [6, 6.07) is 21.4. The van der Waals surface area contributed by atoms with E-state index in [-0.39, 0.29) is 17.7 Å². The Labute approximate surface area is 206 Å². The highest BCUT2D eigenvalue weighted by atomic mass is 32.2. The molecule has 1 heterocycles. The molecular weight excluding hydrogens is 464 g/mol. The van der Waals surface area contributed by atoms with E-state index in [0.29, 0.717) is 23.8 Å². The molecular formula is C27H32N2O3S2. The van der Waals surface area contributed by atoms with Gasteiger partial charge in [-0.15, -0.1) is 11.3 Å². The number of amides is 1. The van der Waals surface area contributed by atoms with E-state index in [0.717, 1.165) is 36.8 Å². The van der Waals surface area contributed by atoms with Gasteiger partial charge < -0.3 is 5.32 Å². The molecule has 0 bridgehead atoms. The molecule has 1 amide bonds. The van der Waals surface area contributed by atoms with Crippen LogP contribution in [-0.2, 0) is 27.9 Å². The topological polar surface area (TPSA) is 66.5 Å². The molecule has 34 heavy (non-hydrogen) atoms. The molecule has 3 aromatic rings. The Morgan fingerprint density at radius 3 is 2.29 bits per heavy atom. The minimum atomic E-state index is -3.55. The lowest BCUT2D eigenvalue weighted by Crippen LogP contribution is -2.38. The molecule has 4 rings (SSSR count). The number of carbonyl (C=O) groups excluding carboxylic acids is 1. The molecule has 1 N–H and O–H groups in total. The smallest absolute Gasteiger partial charge is 0.252 e. The highest BCUT2D eigenvalue weighted by Crippen LogP contribution is 2.32. The first kappa shape index (κ1) is 24.6. The lowest BCUT2D eigenvalue weighted by atomic mass is 9.81. The molecule has 1 aliphatic carbocycles. The zero-order chi connectivity index (χ0) is 24.0. The van der Waals surface area contributed by atoms with Crippen molar-refractivity contribution in [3.05, 3.63) is 88.8 Å². The second-order valence-corrected chi connectivity index (χ2v) is 12.2. The van der Waals surface area contributed by atoms with E-state index in [1.54, 1.807) is 21.8 Å². The third-order valence-electron chi connectivity index (χ3n) is 6.56. The molecule has 0 spiro atoms. The summed E-state index contributed by atoms with van der Waals surface area (Å²) in [5.74, 6) is 0.351. The first-order valence-corrected chi connectivity index (χ1v) is 14.1. The second kappa shape index (κ2) is 11.3. The summed E-state index contributed by atoms with van der Waals surface area (Å²) in [6.07, 6.45) is 3.30. The molecule has 2 aromatic carbocycles. The first-order valence-electron chi connectivity index (χ1n) is 11.8. The van der Waals surface area contributed by atoms with E-state index in [9.17, 15) is 13.2 Å². The van der Waals surface area contributed by atoms with Crippen molar-refractivity contribution in [2.75, 3.05) is 6.54 Å². The van der Waals surface area contributed by atoms with Gasteiger partial charge in [0.1, 0.15) is 4.21 Å². The maximum atomic E-state index is 13.4. The number of hydrogen-bond acceptors (Lipinski definition) is 4. The van der Waals surface area contributed by atoms with Gasteiger partial charge in [-0.2, -0.15) is 4.31 Å². The molecule has 0 saturated heterocycles. The van der Waals surface area contributed by atoms with Gasteiger partial charge in [0.25, 0.3) is 10.0 Å². The Morgan fingerprint density at radius 1 is 0.941 bits per heavy atom. The van der Waals surface area contributed by atoms with Crippen LogP contribution in [0, 0.1) is 18.8 Å². The van der Waals surface area contributed by atoms with Gasteiger partial charge >= 0.3 is 0 Å². The molecule has 1 fully saturated rings. The zero-order valence-corrected chi connectivity index (χ0v) is 21.2. The van der Waals surface area contributed by atoms with Crippen LogP contribution in [0.25, 0.3) is 0 Å². The number of carbonyl (C=O) groups is 1. The van der Waals surface area contributed by atoms with Gasteiger partial charge in [-0.3, -0.25) is 4.79 Å². The molecule has 1 aliphatic rings. The number of hydrogen-bond donors (Lipinski definition) is 1. The van der Waals surface area contributed by atoms with Crippen molar-refractivity contribution < 1.29 is 13.2 Å². The predicted octanol–water partition coefficient (Wildman–Crippen LogP) is 5.37. The molecule has 5 nitrogen and oxygen atoms in total. The molecule has 1 saturated carbocycles. The van der Waals surface area contributed by atoms with Gasteiger partial charge in [-0.25, -0.2) is 8.42 Å². The van der Waals surface area contributed by atoms with Crippen molar-refractivity contribution in [2.45, 2.75) is 49.9 Å². The molecule has 1 aromatic heterocycles. The minimum Gasteiger partial charge on any atom is -0.352 e. The van der Waals surface area contributed by atoms with Crippen molar-refractivity contribution in [3.63, 3.8) is 0 Å². The van der Waals surface area contributed by atoms with Gasteiger partial charge in [-0.1, -0.05) is 66.2 Å². The number of benzene rings is 2. The van der Waals surface area contributed by atoms with Crippen molar-refractivity contribution in [1.82, 2.24) is 9.62 Å². The third-order valence-corrected chi connectivity index (χ3v) is 9.74. The van der Waals surface area contributed by atoms with Gasteiger partial charge in [0, 0.05) is 25.6 Å². The standard InChI is InChI=1S/C27H32N2O3S2/c1-21-9-11-22(12-10-21)18-28-27(30)25-15-13-24(14-16-25)20-29(19-23-6-3-2-4-7-23)34(31,32)26-8-5-17-33-26/h2-12,17,24-25H,13-16,18-20H2,1H3,(H,28,30). The van der Waals surface area contributed by atoms with Crippen LogP contribution in [0.5, 0.6) is 0 Å². The van der Waals surface area contributed by atoms with Crippen LogP contribution in [0.4, 0.5) is 0 Å². The first-order chi connectivity index (χ1) is 16.4. The second-order valence-electron chi connectivity index (χ2n) is 9.14. The summed E-state index contributed by atoms with van der Waals surface area (Å²) in [5.41, 5.74) is 3.28. The van der Waals surface area contributed by atoms with E-state index >= 15 is 0 Å². The highest BCUT2D eigenvalue weighted by molar-refractivity contribution is 7.91. The molecule has 0 radical (unpaired) electrons. The minimum absolute atomic E-state index is 0.00169. The van der Waals surface area contributed by atoms with Crippen molar-refractivity contribution >= 4 is 27.3 Å². The molecule has 180 valence electrons. The largest absolute Gasteiger partial charge is 0.352 e. The third kappa shape index (κ3) is 6.34. The summed E-state index contributed by atoms with van der Waals surface area (Å²) in [5, 5.41) is 4.87. The van der Waals surface area contributed by atoms with Crippen LogP contribution < -0.4 is 5.32 Å². The van der Waals surface area contributed by atoms with Crippen LogP contribution in [-0.4, -0.2) is 25.2 Å². The van der Waals surface area contributed by atoms with Gasteiger partial charge in [0.05, 0.1) is 0 Å². The summed E-state index contributed by atoms with van der Waals surface area (Å²) in [7, 11) is -3.55. The van der Waals surface area contributed by atoms with E-state index in [1.165, 1.54) is 16.9 Å². The zero-order valence-electron chi connectivity index (χ0n) is 19.5. The Hall–Kier alpha value is -2.48. The normalized spacial score (nSPS) is 18.6. The van der Waals surface area contributed by atoms with Crippen LogP contribution in [0.3, 0.4) is 0 Å². The van der Waals surface area contributed by atoms with Crippen LogP contribution in [0.15, 0.2) is 76.3 Å². The Balaban J connectivity index is 1.35. The van der Waals surface area contributed by atoms with Crippen LogP contribution in [0.1, 0.15) is 42.4 Å². The number of rotatable bonds is 9. The number of aryl methyl sites for hydroxylation is 1. The number of thiophene rings is 1. The van der Waals surface area contributed by atoms with Crippen molar-refractivity contribution in [1.29, 1.82) is 0 Å². The Bertz CT molecular complexity index is 1150. The fourth-order valence-electron chi connectivity index (χ4n) is 4.51.